The lowest BCUT2D eigenvalue weighted by Crippen LogP contribution is -2.28. The number of fused-ring (bicyclic) bond motifs is 2. The second-order valence-corrected chi connectivity index (χ2v) is 11.1. The molecule has 0 unspecified atom stereocenters. The average Bonchev–Trinajstić information content (AvgIpc) is 3.05. The van der Waals surface area contributed by atoms with Gasteiger partial charge in [0.1, 0.15) is 24.0 Å². The standard InChI is InChI=1S/C27H33N7OS/c1-15(2)23-17(4)26(31-22(30-23)14-33(5)6)34-7-8-35-24-16(3)9-18(10-20(24)13-34)19-11-21-25(29-12-19)32-27(28)36-21/h9-12,15H,7-8,13-14H2,1-6H3,(H2,28,29,32). The smallest absolute Gasteiger partial charge is 0.182 e. The molecule has 8 nitrogen and oxygen atoms in total. The van der Waals surface area contributed by atoms with Crippen molar-refractivity contribution in [1.29, 1.82) is 0 Å². The first-order chi connectivity index (χ1) is 17.2. The minimum atomic E-state index is 0.320. The number of thiazole rings is 1. The molecule has 0 atom stereocenters. The highest BCUT2D eigenvalue weighted by atomic mass is 32.1. The molecule has 0 aliphatic carbocycles. The molecule has 0 saturated carbocycles. The number of benzene rings is 1. The SMILES string of the molecule is Cc1cc(-c2cnc3nc(N)sc3c2)cc2c1OCCN(c1nc(CN(C)C)nc(C(C)C)c1C)C2. The quantitative estimate of drug-likeness (QED) is 0.410. The number of nitrogens with zero attached hydrogens (tertiary/aromatic N) is 6. The Hall–Kier alpha value is -3.30. The first-order valence-corrected chi connectivity index (χ1v) is 13.1. The Balaban J connectivity index is 1.55. The number of aromatic nitrogens is 4. The van der Waals surface area contributed by atoms with E-state index in [-0.39, 0.29) is 0 Å². The van der Waals surface area contributed by atoms with Crippen molar-refractivity contribution in [1.82, 2.24) is 24.8 Å². The summed E-state index contributed by atoms with van der Waals surface area (Å²) in [6.07, 6.45) is 1.87. The molecule has 0 saturated heterocycles. The molecule has 5 rings (SSSR count). The molecular weight excluding hydrogens is 470 g/mol. The predicted octanol–water partition coefficient (Wildman–Crippen LogP) is 4.93. The fourth-order valence-corrected chi connectivity index (χ4v) is 5.58. The van der Waals surface area contributed by atoms with Crippen molar-refractivity contribution in [3.63, 3.8) is 0 Å². The van der Waals surface area contributed by atoms with E-state index in [1.54, 1.807) is 0 Å². The third-order valence-corrected chi connectivity index (χ3v) is 7.25. The van der Waals surface area contributed by atoms with Gasteiger partial charge in [-0.25, -0.2) is 19.9 Å². The number of pyridine rings is 1. The molecule has 0 radical (unpaired) electrons. The average molecular weight is 504 g/mol. The number of nitrogen functional groups attached to an aromatic ring is 1. The minimum absolute atomic E-state index is 0.320. The molecule has 1 aliphatic rings. The number of aryl methyl sites for hydroxylation is 1. The lowest BCUT2D eigenvalue weighted by molar-refractivity contribution is 0.329. The maximum Gasteiger partial charge on any atom is 0.182 e. The third-order valence-electron chi connectivity index (χ3n) is 6.43. The Morgan fingerprint density at radius 1 is 1.11 bits per heavy atom. The van der Waals surface area contributed by atoms with Crippen molar-refractivity contribution < 1.29 is 4.74 Å². The highest BCUT2D eigenvalue weighted by molar-refractivity contribution is 7.22. The van der Waals surface area contributed by atoms with Crippen LogP contribution < -0.4 is 15.4 Å². The van der Waals surface area contributed by atoms with Crippen molar-refractivity contribution in [3.8, 4) is 16.9 Å². The normalized spacial score (nSPS) is 13.8. The van der Waals surface area contributed by atoms with Crippen LogP contribution in [-0.4, -0.2) is 52.1 Å². The van der Waals surface area contributed by atoms with Crippen molar-refractivity contribution in [2.75, 3.05) is 37.9 Å². The molecule has 4 aromatic rings. The fourth-order valence-electron chi connectivity index (χ4n) is 4.85. The second-order valence-electron chi connectivity index (χ2n) is 10.0. The van der Waals surface area contributed by atoms with Gasteiger partial charge in [0.2, 0.25) is 0 Å². The van der Waals surface area contributed by atoms with Gasteiger partial charge in [-0.3, -0.25) is 0 Å². The monoisotopic (exact) mass is 503 g/mol. The molecule has 1 aliphatic heterocycles. The fraction of sp³-hybridized carbons (Fsp3) is 0.407. The summed E-state index contributed by atoms with van der Waals surface area (Å²) in [6.45, 7) is 11.4. The Labute approximate surface area is 216 Å². The van der Waals surface area contributed by atoms with E-state index in [9.17, 15) is 0 Å². The molecule has 3 aromatic heterocycles. The van der Waals surface area contributed by atoms with Crippen molar-refractivity contribution in [2.24, 2.45) is 0 Å². The van der Waals surface area contributed by atoms with Gasteiger partial charge in [-0.1, -0.05) is 25.2 Å². The van der Waals surface area contributed by atoms with E-state index in [0.29, 0.717) is 36.4 Å². The van der Waals surface area contributed by atoms with Gasteiger partial charge in [-0.05, 0) is 63.2 Å². The predicted molar refractivity (Wildman–Crippen MR) is 147 cm³/mol. The largest absolute Gasteiger partial charge is 0.491 e. The summed E-state index contributed by atoms with van der Waals surface area (Å²) >= 11 is 1.46. The Morgan fingerprint density at radius 3 is 2.67 bits per heavy atom. The Morgan fingerprint density at radius 2 is 1.92 bits per heavy atom. The van der Waals surface area contributed by atoms with Crippen LogP contribution in [0.4, 0.5) is 10.9 Å². The first kappa shape index (κ1) is 24.4. The first-order valence-electron chi connectivity index (χ1n) is 12.3. The van der Waals surface area contributed by atoms with E-state index in [4.69, 9.17) is 20.4 Å². The number of ether oxygens (including phenoxy) is 1. The minimum Gasteiger partial charge on any atom is -0.491 e. The Kier molecular flexibility index (Phi) is 6.53. The van der Waals surface area contributed by atoms with Gasteiger partial charge in [0.25, 0.3) is 0 Å². The lowest BCUT2D eigenvalue weighted by atomic mass is 9.99. The summed E-state index contributed by atoms with van der Waals surface area (Å²) in [4.78, 5) is 23.2. The van der Waals surface area contributed by atoms with Gasteiger partial charge in [-0.15, -0.1) is 0 Å². The molecule has 188 valence electrons. The van der Waals surface area contributed by atoms with Crippen LogP contribution in [0.2, 0.25) is 0 Å². The van der Waals surface area contributed by atoms with Gasteiger partial charge in [-0.2, -0.15) is 0 Å². The molecule has 0 amide bonds. The summed E-state index contributed by atoms with van der Waals surface area (Å²) in [7, 11) is 4.09. The van der Waals surface area contributed by atoms with Crippen LogP contribution in [0.1, 0.15) is 48.0 Å². The molecule has 36 heavy (non-hydrogen) atoms. The van der Waals surface area contributed by atoms with Crippen LogP contribution >= 0.6 is 11.3 Å². The van der Waals surface area contributed by atoms with Gasteiger partial charge >= 0.3 is 0 Å². The molecule has 4 heterocycles. The van der Waals surface area contributed by atoms with E-state index in [2.05, 4.69) is 65.7 Å². The van der Waals surface area contributed by atoms with E-state index in [1.165, 1.54) is 11.3 Å². The summed E-state index contributed by atoms with van der Waals surface area (Å²) in [5.41, 5.74) is 13.2. The third kappa shape index (κ3) is 4.73. The number of hydrogen-bond acceptors (Lipinski definition) is 9. The van der Waals surface area contributed by atoms with Crippen LogP contribution in [0.5, 0.6) is 5.75 Å². The molecule has 9 heteroatoms. The molecule has 2 N–H and O–H groups in total. The lowest BCUT2D eigenvalue weighted by Gasteiger charge is -2.26. The van der Waals surface area contributed by atoms with Gasteiger partial charge in [0, 0.05) is 29.4 Å². The van der Waals surface area contributed by atoms with Crippen LogP contribution in [0.25, 0.3) is 21.5 Å². The summed E-state index contributed by atoms with van der Waals surface area (Å²) in [5.74, 6) is 3.12. The molecule has 0 fully saturated rings. The number of hydrogen-bond donors (Lipinski definition) is 1. The van der Waals surface area contributed by atoms with E-state index in [0.717, 1.165) is 62.1 Å². The van der Waals surface area contributed by atoms with Crippen LogP contribution in [0, 0.1) is 13.8 Å². The summed E-state index contributed by atoms with van der Waals surface area (Å²) in [6, 6.07) is 6.50. The highest BCUT2D eigenvalue weighted by Crippen LogP contribution is 2.36. The topological polar surface area (TPSA) is 93.3 Å². The zero-order valence-corrected chi connectivity index (χ0v) is 22.6. The van der Waals surface area contributed by atoms with Crippen LogP contribution in [0.3, 0.4) is 0 Å². The molecule has 0 spiro atoms. The van der Waals surface area contributed by atoms with Gasteiger partial charge < -0.3 is 20.3 Å². The Bertz CT molecular complexity index is 1430. The van der Waals surface area contributed by atoms with Crippen LogP contribution in [-0.2, 0) is 13.1 Å². The van der Waals surface area contributed by atoms with E-state index < -0.39 is 0 Å². The molecular formula is C27H33N7OS. The maximum atomic E-state index is 6.27. The second kappa shape index (κ2) is 9.63. The molecule has 1 aromatic carbocycles. The number of rotatable bonds is 5. The van der Waals surface area contributed by atoms with Crippen molar-refractivity contribution >= 4 is 32.6 Å². The number of nitrogens with two attached hydrogens (primary N) is 1. The van der Waals surface area contributed by atoms with Gasteiger partial charge in [0.15, 0.2) is 10.8 Å². The summed E-state index contributed by atoms with van der Waals surface area (Å²) < 4.78 is 7.26. The van der Waals surface area contributed by atoms with E-state index in [1.807, 2.05) is 20.3 Å². The molecule has 0 bridgehead atoms. The van der Waals surface area contributed by atoms with E-state index >= 15 is 0 Å². The summed E-state index contributed by atoms with van der Waals surface area (Å²) in [5, 5.41) is 0.534. The zero-order valence-electron chi connectivity index (χ0n) is 21.8. The van der Waals surface area contributed by atoms with Crippen LogP contribution in [0.15, 0.2) is 24.4 Å². The zero-order chi connectivity index (χ0) is 25.6. The highest BCUT2D eigenvalue weighted by Gasteiger charge is 2.24. The number of anilines is 2. The van der Waals surface area contributed by atoms with Gasteiger partial charge in [0.05, 0.1) is 23.5 Å². The van der Waals surface area contributed by atoms with Crippen molar-refractivity contribution in [2.45, 2.75) is 46.7 Å². The maximum absolute atomic E-state index is 6.27. The van der Waals surface area contributed by atoms with Crippen molar-refractivity contribution in [3.05, 3.63) is 52.6 Å².